The summed E-state index contributed by atoms with van der Waals surface area (Å²) in [5.74, 6) is 0. The normalized spacial score (nSPS) is 11.5. The first-order chi connectivity index (χ1) is 6.31. The van der Waals surface area contributed by atoms with E-state index in [0.29, 0.717) is 0 Å². The number of nitrogens with one attached hydrogen (secondary N) is 1. The van der Waals surface area contributed by atoms with Crippen LogP contribution in [0.4, 0.5) is 0 Å². The molecular formula is C10H10N2O. The van der Waals surface area contributed by atoms with Gasteiger partial charge in [0.15, 0.2) is 0 Å². The van der Waals surface area contributed by atoms with Gasteiger partial charge in [-0.1, -0.05) is 17.3 Å². The zero-order valence-electron chi connectivity index (χ0n) is 7.28. The standard InChI is InChI=1S/C10H10N2O/c1-7-2-3-9-8(6-12-13)5-11-10(9)4-7/h2-6,11,13H,1H3. The van der Waals surface area contributed by atoms with Crippen LogP contribution in [0.2, 0.25) is 0 Å². The van der Waals surface area contributed by atoms with Gasteiger partial charge in [0.25, 0.3) is 0 Å². The van der Waals surface area contributed by atoms with E-state index in [1.807, 2.05) is 25.3 Å². The highest BCUT2D eigenvalue weighted by molar-refractivity contribution is 5.98. The molecule has 0 atom stereocenters. The summed E-state index contributed by atoms with van der Waals surface area (Å²) in [6, 6.07) is 6.10. The number of rotatable bonds is 1. The number of aromatic amines is 1. The lowest BCUT2D eigenvalue weighted by molar-refractivity contribution is 0.322. The Balaban J connectivity index is 2.68. The Morgan fingerprint density at radius 1 is 1.46 bits per heavy atom. The fraction of sp³-hybridized carbons (Fsp3) is 0.100. The van der Waals surface area contributed by atoms with Crippen LogP contribution in [0.25, 0.3) is 10.9 Å². The molecule has 3 heteroatoms. The van der Waals surface area contributed by atoms with Crippen molar-refractivity contribution in [3.63, 3.8) is 0 Å². The van der Waals surface area contributed by atoms with Gasteiger partial charge < -0.3 is 10.2 Å². The smallest absolute Gasteiger partial charge is 0.0755 e. The van der Waals surface area contributed by atoms with Gasteiger partial charge in [0.2, 0.25) is 0 Å². The van der Waals surface area contributed by atoms with E-state index in [9.17, 15) is 0 Å². The molecule has 2 rings (SSSR count). The van der Waals surface area contributed by atoms with E-state index in [1.165, 1.54) is 11.8 Å². The highest BCUT2D eigenvalue weighted by Crippen LogP contribution is 2.17. The Morgan fingerprint density at radius 3 is 3.08 bits per heavy atom. The summed E-state index contributed by atoms with van der Waals surface area (Å²) in [7, 11) is 0. The molecule has 0 aliphatic carbocycles. The van der Waals surface area contributed by atoms with Gasteiger partial charge in [-0.2, -0.15) is 0 Å². The Hall–Kier alpha value is -1.77. The fourth-order valence-electron chi connectivity index (χ4n) is 1.43. The Bertz CT molecular complexity index is 457. The molecule has 0 spiro atoms. The predicted molar refractivity (Wildman–Crippen MR) is 52.4 cm³/mol. The molecule has 0 saturated heterocycles. The molecule has 2 aromatic rings. The third-order valence-electron chi connectivity index (χ3n) is 2.07. The number of benzene rings is 1. The van der Waals surface area contributed by atoms with Gasteiger partial charge in [-0.15, -0.1) is 0 Å². The first kappa shape index (κ1) is 7.86. The first-order valence-electron chi connectivity index (χ1n) is 4.06. The van der Waals surface area contributed by atoms with E-state index in [4.69, 9.17) is 5.21 Å². The summed E-state index contributed by atoms with van der Waals surface area (Å²) in [4.78, 5) is 3.11. The van der Waals surface area contributed by atoms with Crippen molar-refractivity contribution in [2.45, 2.75) is 6.92 Å². The summed E-state index contributed by atoms with van der Waals surface area (Å²) in [5.41, 5.74) is 3.18. The average Bonchev–Trinajstić information content (AvgIpc) is 2.49. The number of nitrogens with zero attached hydrogens (tertiary/aromatic N) is 1. The zero-order chi connectivity index (χ0) is 9.26. The molecule has 1 heterocycles. The van der Waals surface area contributed by atoms with Crippen LogP contribution in [0.1, 0.15) is 11.1 Å². The lowest BCUT2D eigenvalue weighted by Crippen LogP contribution is -1.77. The lowest BCUT2D eigenvalue weighted by Gasteiger charge is -1.92. The van der Waals surface area contributed by atoms with Gasteiger partial charge in [0, 0.05) is 22.7 Å². The third-order valence-corrected chi connectivity index (χ3v) is 2.07. The van der Waals surface area contributed by atoms with Crippen LogP contribution in [-0.2, 0) is 0 Å². The molecule has 2 N–H and O–H groups in total. The second-order valence-electron chi connectivity index (χ2n) is 3.04. The molecule has 0 amide bonds. The topological polar surface area (TPSA) is 48.4 Å². The van der Waals surface area contributed by atoms with Gasteiger partial charge in [0.1, 0.15) is 0 Å². The second kappa shape index (κ2) is 2.94. The number of hydrogen-bond acceptors (Lipinski definition) is 2. The van der Waals surface area contributed by atoms with Crippen molar-refractivity contribution in [1.82, 2.24) is 4.98 Å². The summed E-state index contributed by atoms with van der Waals surface area (Å²) in [5, 5.41) is 12.5. The maximum atomic E-state index is 8.41. The van der Waals surface area contributed by atoms with Gasteiger partial charge >= 0.3 is 0 Å². The summed E-state index contributed by atoms with van der Waals surface area (Å²) < 4.78 is 0. The molecule has 3 nitrogen and oxygen atoms in total. The largest absolute Gasteiger partial charge is 0.411 e. The molecule has 13 heavy (non-hydrogen) atoms. The van der Waals surface area contributed by atoms with E-state index < -0.39 is 0 Å². The summed E-state index contributed by atoms with van der Waals surface area (Å²) in [6.45, 7) is 2.04. The average molecular weight is 174 g/mol. The van der Waals surface area contributed by atoms with Crippen molar-refractivity contribution >= 4 is 17.1 Å². The highest BCUT2D eigenvalue weighted by atomic mass is 16.4. The molecule has 0 bridgehead atoms. The van der Waals surface area contributed by atoms with Gasteiger partial charge in [-0.25, -0.2) is 0 Å². The van der Waals surface area contributed by atoms with E-state index >= 15 is 0 Å². The fourth-order valence-corrected chi connectivity index (χ4v) is 1.43. The Morgan fingerprint density at radius 2 is 2.31 bits per heavy atom. The molecular weight excluding hydrogens is 164 g/mol. The van der Waals surface area contributed by atoms with E-state index in [-0.39, 0.29) is 0 Å². The second-order valence-corrected chi connectivity index (χ2v) is 3.04. The van der Waals surface area contributed by atoms with Crippen molar-refractivity contribution in [1.29, 1.82) is 0 Å². The van der Waals surface area contributed by atoms with Gasteiger partial charge in [-0.05, 0) is 18.6 Å². The first-order valence-corrected chi connectivity index (χ1v) is 4.06. The van der Waals surface area contributed by atoms with Crippen molar-refractivity contribution in [2.24, 2.45) is 5.16 Å². The molecule has 0 fully saturated rings. The van der Waals surface area contributed by atoms with Gasteiger partial charge in [0.05, 0.1) is 6.21 Å². The number of aromatic nitrogens is 1. The Kier molecular flexibility index (Phi) is 1.77. The SMILES string of the molecule is Cc1ccc2c(C=NO)c[nH]c2c1. The number of aryl methyl sites for hydroxylation is 1. The van der Waals surface area contributed by atoms with Crippen LogP contribution in [0.3, 0.4) is 0 Å². The van der Waals surface area contributed by atoms with Crippen molar-refractivity contribution in [2.75, 3.05) is 0 Å². The Labute approximate surface area is 75.7 Å². The molecule has 66 valence electrons. The maximum Gasteiger partial charge on any atom is 0.0755 e. The molecule has 0 saturated carbocycles. The number of H-pyrrole nitrogens is 1. The molecule has 0 unspecified atom stereocenters. The molecule has 0 aliphatic heterocycles. The minimum Gasteiger partial charge on any atom is -0.411 e. The van der Waals surface area contributed by atoms with Crippen LogP contribution in [0.5, 0.6) is 0 Å². The predicted octanol–water partition coefficient (Wildman–Crippen LogP) is 2.28. The van der Waals surface area contributed by atoms with Crippen LogP contribution >= 0.6 is 0 Å². The van der Waals surface area contributed by atoms with Crippen molar-refractivity contribution in [3.05, 3.63) is 35.5 Å². The minimum atomic E-state index is 0.900. The molecule has 1 aromatic carbocycles. The summed E-state index contributed by atoms with van der Waals surface area (Å²) >= 11 is 0. The van der Waals surface area contributed by atoms with Crippen LogP contribution in [0, 0.1) is 6.92 Å². The maximum absolute atomic E-state index is 8.41. The van der Waals surface area contributed by atoms with E-state index in [0.717, 1.165) is 16.5 Å². The molecule has 1 aromatic heterocycles. The minimum absolute atomic E-state index is 0.900. The number of fused-ring (bicyclic) bond motifs is 1. The highest BCUT2D eigenvalue weighted by Gasteiger charge is 2.00. The monoisotopic (exact) mass is 174 g/mol. The lowest BCUT2D eigenvalue weighted by atomic mass is 10.1. The van der Waals surface area contributed by atoms with Gasteiger partial charge in [-0.3, -0.25) is 0 Å². The molecule has 0 radical (unpaired) electrons. The van der Waals surface area contributed by atoms with Crippen molar-refractivity contribution < 1.29 is 5.21 Å². The van der Waals surface area contributed by atoms with E-state index in [2.05, 4.69) is 16.2 Å². The van der Waals surface area contributed by atoms with Crippen LogP contribution < -0.4 is 0 Å². The van der Waals surface area contributed by atoms with Crippen LogP contribution in [-0.4, -0.2) is 16.4 Å². The third kappa shape index (κ3) is 1.28. The molecule has 0 aliphatic rings. The quantitative estimate of drug-likeness (QED) is 0.389. The summed E-state index contributed by atoms with van der Waals surface area (Å²) in [6.07, 6.45) is 3.25. The van der Waals surface area contributed by atoms with Crippen LogP contribution in [0.15, 0.2) is 29.6 Å². The number of oxime groups is 1. The number of hydrogen-bond donors (Lipinski definition) is 2. The van der Waals surface area contributed by atoms with Crippen molar-refractivity contribution in [3.8, 4) is 0 Å². The zero-order valence-corrected chi connectivity index (χ0v) is 7.28. The van der Waals surface area contributed by atoms with E-state index in [1.54, 1.807) is 0 Å².